The fraction of sp³-hybridized carbons (Fsp3) is 0.458. The average Bonchev–Trinajstić information content (AvgIpc) is 2.83. The Morgan fingerprint density at radius 2 is 1.73 bits per heavy atom. The van der Waals surface area contributed by atoms with Crippen molar-refractivity contribution in [3.63, 3.8) is 0 Å². The predicted octanol–water partition coefficient (Wildman–Crippen LogP) is 4.99. The van der Waals surface area contributed by atoms with Gasteiger partial charge in [0.2, 0.25) is 10.0 Å². The number of anilines is 1. The molecule has 0 fully saturated rings. The molecular formula is C24H29F3N2O9S2. The molecular weight excluding hydrogens is 581 g/mol. The number of alkyl halides is 2. The topological polar surface area (TPSA) is 159 Å². The van der Waals surface area contributed by atoms with E-state index in [9.17, 15) is 40.5 Å². The van der Waals surface area contributed by atoms with E-state index in [1.807, 2.05) is 0 Å². The summed E-state index contributed by atoms with van der Waals surface area (Å²) in [6, 6.07) is 5.25. The fourth-order valence-corrected chi connectivity index (χ4v) is 7.73. The number of nitrogens with zero attached hydrogens (tertiary/aromatic N) is 1. The summed E-state index contributed by atoms with van der Waals surface area (Å²) in [5.74, 6) is -3.98. The lowest BCUT2D eigenvalue weighted by Gasteiger charge is -2.21. The van der Waals surface area contributed by atoms with Gasteiger partial charge in [-0.2, -0.15) is 0 Å². The summed E-state index contributed by atoms with van der Waals surface area (Å²) < 4.78 is 102. The van der Waals surface area contributed by atoms with Gasteiger partial charge in [0.15, 0.2) is 26.0 Å². The van der Waals surface area contributed by atoms with Crippen molar-refractivity contribution in [2.24, 2.45) is 0 Å². The number of carbonyl (C=O) groups excluding carboxylic acids is 1. The molecule has 0 radical (unpaired) electrons. The second kappa shape index (κ2) is 12.8. The number of sulfone groups is 1. The number of carbonyl (C=O) groups is 1. The van der Waals surface area contributed by atoms with Crippen molar-refractivity contribution < 1.29 is 49.2 Å². The van der Waals surface area contributed by atoms with Crippen LogP contribution in [0.3, 0.4) is 0 Å². The Labute approximate surface area is 229 Å². The molecule has 0 aliphatic rings. The van der Waals surface area contributed by atoms with Crippen molar-refractivity contribution in [3.8, 4) is 11.5 Å². The standard InChI is InChI=1S/C24H29F3N2O9S2/c1-15-18(10-9-17(29(31)32)21(15)23(30)38-24(2,3)4)37-19-8-5-7-16(22(19)27)28-40(35,36)20(11-13-26)39(33,34)14-6-12-25/h5,7-10,20,28H,6,11-14H2,1-4H3. The molecule has 1 atom stereocenters. The lowest BCUT2D eigenvalue weighted by molar-refractivity contribution is -0.385. The molecule has 11 nitrogen and oxygen atoms in total. The van der Waals surface area contributed by atoms with Crippen molar-refractivity contribution in [3.05, 3.63) is 57.4 Å². The maximum atomic E-state index is 15.3. The zero-order valence-corrected chi connectivity index (χ0v) is 23.7. The van der Waals surface area contributed by atoms with Crippen LogP contribution in [0.25, 0.3) is 0 Å². The van der Waals surface area contributed by atoms with Crippen molar-refractivity contribution in [1.82, 2.24) is 0 Å². The molecule has 2 rings (SSSR count). The Morgan fingerprint density at radius 3 is 2.27 bits per heavy atom. The minimum atomic E-state index is -4.93. The molecule has 0 aliphatic heterocycles. The number of esters is 1. The molecule has 0 bridgehead atoms. The third kappa shape index (κ3) is 8.06. The number of sulfonamides is 1. The first kappa shape index (κ1) is 32.8. The molecule has 0 amide bonds. The van der Waals surface area contributed by atoms with Gasteiger partial charge in [0.1, 0.15) is 16.9 Å². The van der Waals surface area contributed by atoms with Crippen LogP contribution in [0.1, 0.15) is 49.5 Å². The smallest absolute Gasteiger partial charge is 0.346 e. The van der Waals surface area contributed by atoms with Crippen LogP contribution in [0.15, 0.2) is 30.3 Å². The highest BCUT2D eigenvalue weighted by Crippen LogP contribution is 2.36. The molecule has 2 aromatic carbocycles. The van der Waals surface area contributed by atoms with Crippen LogP contribution in [-0.2, 0) is 24.6 Å². The van der Waals surface area contributed by atoms with Gasteiger partial charge < -0.3 is 9.47 Å². The Morgan fingerprint density at radius 1 is 1.07 bits per heavy atom. The third-order valence-corrected chi connectivity index (χ3v) is 10.2. The first-order chi connectivity index (χ1) is 18.4. The molecule has 0 aromatic heterocycles. The highest BCUT2D eigenvalue weighted by molar-refractivity contribution is 8.09. The number of benzene rings is 2. The first-order valence-corrected chi connectivity index (χ1v) is 15.0. The lowest BCUT2D eigenvalue weighted by atomic mass is 10.0. The number of halogens is 3. The van der Waals surface area contributed by atoms with E-state index in [0.717, 1.165) is 30.3 Å². The Kier molecular flexibility index (Phi) is 10.5. The Balaban J connectivity index is 2.49. The molecule has 0 saturated heterocycles. The molecule has 16 heteroatoms. The number of nitro benzene ring substituents is 1. The number of hydrogen-bond donors (Lipinski definition) is 1. The van der Waals surface area contributed by atoms with Crippen molar-refractivity contribution in [2.75, 3.05) is 23.8 Å². The first-order valence-electron chi connectivity index (χ1n) is 11.8. The average molecular weight is 611 g/mol. The lowest BCUT2D eigenvalue weighted by Crippen LogP contribution is -2.37. The Hall–Kier alpha value is -3.40. The molecule has 0 aliphatic carbocycles. The maximum absolute atomic E-state index is 15.3. The summed E-state index contributed by atoms with van der Waals surface area (Å²) in [5.41, 5.74) is -2.84. The van der Waals surface area contributed by atoms with Gasteiger partial charge in [0.25, 0.3) is 5.69 Å². The molecule has 2 aromatic rings. The van der Waals surface area contributed by atoms with E-state index < -0.39 is 101 Å². The number of hydrogen-bond acceptors (Lipinski definition) is 9. The normalized spacial score (nSPS) is 13.0. The molecule has 40 heavy (non-hydrogen) atoms. The monoisotopic (exact) mass is 610 g/mol. The van der Waals surface area contributed by atoms with Gasteiger partial charge in [0.05, 0.1) is 29.7 Å². The number of nitrogens with one attached hydrogen (secondary N) is 1. The summed E-state index contributed by atoms with van der Waals surface area (Å²) in [4.78, 5) is 23.4. The minimum absolute atomic E-state index is 0.0733. The largest absolute Gasteiger partial charge is 0.456 e. The predicted molar refractivity (Wildman–Crippen MR) is 141 cm³/mol. The SMILES string of the molecule is Cc1c(Oc2cccc(NS(=O)(=O)C(CCF)S(=O)(=O)CCCF)c2F)ccc([N+](=O)[O-])c1C(=O)OC(C)(C)C. The van der Waals surface area contributed by atoms with E-state index in [0.29, 0.717) is 0 Å². The molecule has 1 unspecified atom stereocenters. The zero-order chi connectivity index (χ0) is 30.5. The highest BCUT2D eigenvalue weighted by atomic mass is 32.3. The van der Waals surface area contributed by atoms with Gasteiger partial charge in [0, 0.05) is 18.1 Å². The third-order valence-electron chi connectivity index (χ3n) is 5.28. The van der Waals surface area contributed by atoms with Gasteiger partial charge in [-0.05, 0) is 52.3 Å². The summed E-state index contributed by atoms with van der Waals surface area (Å²) in [5, 5.41) is 11.5. The molecule has 1 N–H and O–H groups in total. The zero-order valence-electron chi connectivity index (χ0n) is 22.1. The number of ether oxygens (including phenoxy) is 2. The summed E-state index contributed by atoms with van der Waals surface area (Å²) in [6.45, 7) is 3.60. The second-order valence-corrected chi connectivity index (χ2v) is 14.0. The van der Waals surface area contributed by atoms with Gasteiger partial charge in [-0.15, -0.1) is 0 Å². The van der Waals surface area contributed by atoms with Crippen LogP contribution in [0.5, 0.6) is 11.5 Å². The second-order valence-electron chi connectivity index (χ2n) is 9.53. The Bertz CT molecular complexity index is 1480. The van der Waals surface area contributed by atoms with Crippen molar-refractivity contribution in [2.45, 2.75) is 50.7 Å². The van der Waals surface area contributed by atoms with E-state index >= 15 is 4.39 Å². The fourth-order valence-electron chi connectivity index (χ4n) is 3.54. The highest BCUT2D eigenvalue weighted by Gasteiger charge is 2.38. The van der Waals surface area contributed by atoms with Gasteiger partial charge in [-0.3, -0.25) is 23.6 Å². The van der Waals surface area contributed by atoms with E-state index in [4.69, 9.17) is 9.47 Å². The molecule has 222 valence electrons. The van der Waals surface area contributed by atoms with Crippen LogP contribution in [0.4, 0.5) is 24.5 Å². The van der Waals surface area contributed by atoms with Crippen LogP contribution in [0, 0.1) is 22.9 Å². The van der Waals surface area contributed by atoms with Crippen molar-refractivity contribution in [1.29, 1.82) is 0 Å². The van der Waals surface area contributed by atoms with Crippen LogP contribution in [-0.4, -0.2) is 57.0 Å². The van der Waals surface area contributed by atoms with Crippen LogP contribution in [0.2, 0.25) is 0 Å². The van der Waals surface area contributed by atoms with E-state index in [-0.39, 0.29) is 11.3 Å². The minimum Gasteiger partial charge on any atom is -0.456 e. The summed E-state index contributed by atoms with van der Waals surface area (Å²) in [6.07, 6.45) is -1.46. The van der Waals surface area contributed by atoms with E-state index in [1.165, 1.54) is 6.92 Å². The van der Waals surface area contributed by atoms with E-state index in [1.54, 1.807) is 25.5 Å². The van der Waals surface area contributed by atoms with Crippen LogP contribution >= 0.6 is 0 Å². The van der Waals surface area contributed by atoms with Crippen molar-refractivity contribution >= 4 is 37.2 Å². The summed E-state index contributed by atoms with van der Waals surface area (Å²) in [7, 11) is -9.45. The van der Waals surface area contributed by atoms with Gasteiger partial charge in [-0.1, -0.05) is 6.07 Å². The maximum Gasteiger partial charge on any atom is 0.346 e. The molecule has 0 saturated carbocycles. The molecule has 0 spiro atoms. The van der Waals surface area contributed by atoms with Gasteiger partial charge in [-0.25, -0.2) is 26.0 Å². The molecule has 0 heterocycles. The van der Waals surface area contributed by atoms with E-state index in [2.05, 4.69) is 0 Å². The quantitative estimate of drug-likeness (QED) is 0.187. The number of nitro groups is 1. The number of rotatable bonds is 13. The van der Waals surface area contributed by atoms with Gasteiger partial charge >= 0.3 is 5.97 Å². The summed E-state index contributed by atoms with van der Waals surface area (Å²) >= 11 is 0. The van der Waals surface area contributed by atoms with Crippen LogP contribution < -0.4 is 9.46 Å².